The van der Waals surface area contributed by atoms with Crippen LogP contribution < -0.4 is 15.7 Å². The molecule has 13 heteroatoms. The normalized spacial score (nSPS) is 18.1. The van der Waals surface area contributed by atoms with E-state index in [1.54, 1.807) is 39.1 Å². The number of aromatic nitrogens is 5. The second-order valence-corrected chi connectivity index (χ2v) is 8.88. The number of piperidine rings is 1. The first kappa shape index (κ1) is 23.4. The molecule has 1 saturated heterocycles. The number of likely N-dealkylation sites (tertiary alicyclic amines) is 1. The van der Waals surface area contributed by atoms with Gasteiger partial charge in [-0.3, -0.25) is 4.57 Å². The van der Waals surface area contributed by atoms with Crippen LogP contribution in [0.25, 0.3) is 11.2 Å². The van der Waals surface area contributed by atoms with Crippen molar-refractivity contribution in [3.05, 3.63) is 35.0 Å². The second-order valence-electron chi connectivity index (χ2n) is 8.88. The maximum absolute atomic E-state index is 15.2. The van der Waals surface area contributed by atoms with Gasteiger partial charge in [0.2, 0.25) is 11.8 Å². The molecule has 0 saturated carbocycles. The number of carbonyl (C=O) groups excluding carboxylic acids is 1. The predicted molar refractivity (Wildman–Crippen MR) is 119 cm³/mol. The van der Waals surface area contributed by atoms with E-state index in [1.807, 2.05) is 0 Å². The zero-order valence-electron chi connectivity index (χ0n) is 19.1. The topological polar surface area (TPSA) is 127 Å². The van der Waals surface area contributed by atoms with Crippen molar-refractivity contribution in [2.24, 2.45) is 0 Å². The van der Waals surface area contributed by atoms with Crippen molar-refractivity contribution >= 4 is 28.9 Å². The van der Waals surface area contributed by atoms with Crippen LogP contribution in [0.15, 0.2) is 29.3 Å². The van der Waals surface area contributed by atoms with Gasteiger partial charge in [0.15, 0.2) is 5.65 Å². The number of amides is 1. The third-order valence-corrected chi connectivity index (χ3v) is 5.19. The Bertz CT molecular complexity index is 1270. The number of nitrogens with one attached hydrogen (secondary N) is 2. The van der Waals surface area contributed by atoms with Crippen molar-refractivity contribution < 1.29 is 23.0 Å². The maximum Gasteiger partial charge on any atom is 0.410 e. The van der Waals surface area contributed by atoms with Gasteiger partial charge in [-0.05, 0) is 39.3 Å². The minimum absolute atomic E-state index is 0.00262. The average molecular weight is 477 g/mol. The summed E-state index contributed by atoms with van der Waals surface area (Å²) in [7, 11) is 1.45. The summed E-state index contributed by atoms with van der Waals surface area (Å²) in [6.07, 6.45) is 1.89. The number of H-pyrrole nitrogens is 1. The zero-order chi connectivity index (χ0) is 24.7. The summed E-state index contributed by atoms with van der Waals surface area (Å²) >= 11 is 0. The molecule has 1 unspecified atom stereocenters. The number of carbonyl (C=O) groups is 1. The molecule has 34 heavy (non-hydrogen) atoms. The van der Waals surface area contributed by atoms with E-state index in [4.69, 9.17) is 9.47 Å². The number of nitrogens with zero attached hydrogens (tertiary/aromatic N) is 5. The largest absolute Gasteiger partial charge is 0.480 e. The Morgan fingerprint density at radius 3 is 2.76 bits per heavy atom. The molecule has 0 aromatic carbocycles. The molecule has 1 aliphatic rings. The predicted octanol–water partition coefficient (Wildman–Crippen LogP) is 3.08. The molecule has 3 aromatic heterocycles. The summed E-state index contributed by atoms with van der Waals surface area (Å²) in [6, 6.07) is 1.85. The number of rotatable bonds is 4. The molecule has 4 heterocycles. The molecule has 1 amide bonds. The number of aromatic amines is 1. The van der Waals surface area contributed by atoms with E-state index in [0.717, 1.165) is 9.47 Å². The quantitative estimate of drug-likeness (QED) is 0.587. The Kier molecular flexibility index (Phi) is 5.87. The Balaban J connectivity index is 1.64. The SMILES string of the molecule is COc1ncccc1Nc1ncc2[nH]c(=O)n(C3CCN(C(=O)OC(C)(C)C)CC3(F)F)c2n1. The Labute approximate surface area is 193 Å². The molecule has 3 aromatic rings. The molecule has 0 bridgehead atoms. The van der Waals surface area contributed by atoms with E-state index in [-0.39, 0.29) is 30.1 Å². The highest BCUT2D eigenvalue weighted by Crippen LogP contribution is 2.37. The van der Waals surface area contributed by atoms with Crippen molar-refractivity contribution in [2.45, 2.75) is 44.8 Å². The first-order chi connectivity index (χ1) is 16.0. The summed E-state index contributed by atoms with van der Waals surface area (Å²) in [5.41, 5.74) is -0.866. The van der Waals surface area contributed by atoms with Crippen LogP contribution in [0.1, 0.15) is 33.2 Å². The first-order valence-electron chi connectivity index (χ1n) is 10.6. The number of anilines is 2. The van der Waals surface area contributed by atoms with E-state index in [1.165, 1.54) is 13.3 Å². The van der Waals surface area contributed by atoms with Gasteiger partial charge in [-0.2, -0.15) is 4.98 Å². The van der Waals surface area contributed by atoms with Crippen molar-refractivity contribution in [2.75, 3.05) is 25.5 Å². The van der Waals surface area contributed by atoms with E-state index in [9.17, 15) is 9.59 Å². The molecule has 2 N–H and O–H groups in total. The number of hydrogen-bond donors (Lipinski definition) is 2. The molecular formula is C21H25F2N7O4. The fraction of sp³-hybridized carbons (Fsp3) is 0.476. The van der Waals surface area contributed by atoms with Crippen LogP contribution in [0.2, 0.25) is 0 Å². The average Bonchev–Trinajstić information content (AvgIpc) is 3.07. The maximum atomic E-state index is 15.2. The lowest BCUT2D eigenvalue weighted by atomic mass is 10.0. The molecule has 11 nitrogen and oxygen atoms in total. The van der Waals surface area contributed by atoms with Gasteiger partial charge in [-0.1, -0.05) is 0 Å². The Morgan fingerprint density at radius 1 is 1.32 bits per heavy atom. The molecular weight excluding hydrogens is 452 g/mol. The Morgan fingerprint density at radius 2 is 2.09 bits per heavy atom. The van der Waals surface area contributed by atoms with E-state index >= 15 is 8.78 Å². The van der Waals surface area contributed by atoms with Gasteiger partial charge >= 0.3 is 11.8 Å². The Hall–Kier alpha value is -3.77. The summed E-state index contributed by atoms with van der Waals surface area (Å²) in [5.74, 6) is -3.04. The second kappa shape index (κ2) is 8.54. The van der Waals surface area contributed by atoms with Crippen LogP contribution in [-0.2, 0) is 4.74 Å². The fourth-order valence-electron chi connectivity index (χ4n) is 3.76. The monoisotopic (exact) mass is 477 g/mol. The summed E-state index contributed by atoms with van der Waals surface area (Å²) < 4.78 is 41.8. The minimum atomic E-state index is -3.40. The van der Waals surface area contributed by atoms with Gasteiger partial charge in [0.1, 0.15) is 22.8 Å². The van der Waals surface area contributed by atoms with E-state index < -0.39 is 35.9 Å². The standard InChI is InChI=1S/C21H25F2N7O4/c1-20(2,3)34-19(32)29-9-7-14(21(22,23)11-29)30-15-13(27-18(30)31)10-25-17(28-15)26-12-6-5-8-24-16(12)33-4/h5-6,8,10,14H,7,9,11H2,1-4H3,(H,27,31)(H,25,26,28). The highest BCUT2D eigenvalue weighted by atomic mass is 19.3. The number of fused-ring (bicyclic) bond motifs is 1. The molecule has 1 atom stereocenters. The number of ether oxygens (including phenoxy) is 2. The lowest BCUT2D eigenvalue weighted by molar-refractivity contribution is -0.103. The minimum Gasteiger partial charge on any atom is -0.480 e. The number of imidazole rings is 1. The van der Waals surface area contributed by atoms with Gasteiger partial charge < -0.3 is 24.7 Å². The van der Waals surface area contributed by atoms with Crippen molar-refractivity contribution in [3.8, 4) is 5.88 Å². The molecule has 1 aliphatic heterocycles. The molecule has 0 spiro atoms. The van der Waals surface area contributed by atoms with Gasteiger partial charge in [-0.25, -0.2) is 28.3 Å². The molecule has 182 valence electrons. The molecule has 4 rings (SSSR count). The van der Waals surface area contributed by atoms with Crippen molar-refractivity contribution in [1.82, 2.24) is 29.4 Å². The third kappa shape index (κ3) is 4.63. The lowest BCUT2D eigenvalue weighted by Gasteiger charge is -2.38. The van der Waals surface area contributed by atoms with Crippen LogP contribution in [-0.4, -0.2) is 67.2 Å². The van der Waals surface area contributed by atoms with Crippen LogP contribution in [0.4, 0.5) is 25.2 Å². The number of methoxy groups -OCH3 is 1. The molecule has 0 radical (unpaired) electrons. The smallest absolute Gasteiger partial charge is 0.410 e. The highest BCUT2D eigenvalue weighted by Gasteiger charge is 2.49. The number of hydrogen-bond acceptors (Lipinski definition) is 8. The van der Waals surface area contributed by atoms with Gasteiger partial charge in [0, 0.05) is 12.7 Å². The third-order valence-electron chi connectivity index (χ3n) is 5.19. The highest BCUT2D eigenvalue weighted by molar-refractivity contribution is 5.73. The summed E-state index contributed by atoms with van der Waals surface area (Å²) in [4.78, 5) is 40.9. The van der Waals surface area contributed by atoms with Gasteiger partial charge in [-0.15, -0.1) is 0 Å². The van der Waals surface area contributed by atoms with Gasteiger partial charge in [0.05, 0.1) is 19.9 Å². The zero-order valence-corrected chi connectivity index (χ0v) is 19.1. The van der Waals surface area contributed by atoms with Crippen LogP contribution in [0, 0.1) is 0 Å². The van der Waals surface area contributed by atoms with Crippen LogP contribution >= 0.6 is 0 Å². The van der Waals surface area contributed by atoms with E-state index in [0.29, 0.717) is 11.6 Å². The number of pyridine rings is 1. The summed E-state index contributed by atoms with van der Waals surface area (Å²) in [6.45, 7) is 4.10. The van der Waals surface area contributed by atoms with Gasteiger partial charge in [0.25, 0.3) is 5.92 Å². The van der Waals surface area contributed by atoms with E-state index in [2.05, 4.69) is 25.3 Å². The summed E-state index contributed by atoms with van der Waals surface area (Å²) in [5, 5.41) is 2.92. The fourth-order valence-corrected chi connectivity index (χ4v) is 3.76. The number of alkyl halides is 2. The van der Waals surface area contributed by atoms with Crippen LogP contribution in [0.5, 0.6) is 5.88 Å². The van der Waals surface area contributed by atoms with Crippen LogP contribution in [0.3, 0.4) is 0 Å². The van der Waals surface area contributed by atoms with Crippen molar-refractivity contribution in [3.63, 3.8) is 0 Å². The molecule has 1 fully saturated rings. The first-order valence-corrected chi connectivity index (χ1v) is 10.6. The lowest BCUT2D eigenvalue weighted by Crippen LogP contribution is -2.53. The molecule has 0 aliphatic carbocycles. The van der Waals surface area contributed by atoms with Crippen molar-refractivity contribution in [1.29, 1.82) is 0 Å². The number of halogens is 2.